The Bertz CT molecular complexity index is 1890. The smallest absolute Gasteiger partial charge is 0.336 e. The van der Waals surface area contributed by atoms with E-state index in [-0.39, 0.29) is 21.7 Å². The number of rotatable bonds is 7. The molecule has 280 valence electrons. The summed E-state index contributed by atoms with van der Waals surface area (Å²) in [6.07, 6.45) is 10.1. The number of fused-ring (bicyclic) bond motifs is 2. The van der Waals surface area contributed by atoms with Crippen LogP contribution in [-0.2, 0) is 42.3 Å². The highest BCUT2D eigenvalue weighted by Gasteiger charge is 2.48. The van der Waals surface area contributed by atoms with Crippen LogP contribution in [-0.4, -0.2) is 25.3 Å². The van der Waals surface area contributed by atoms with E-state index in [1.807, 2.05) is 19.2 Å². The number of carboxylic acids is 1. The lowest BCUT2D eigenvalue weighted by atomic mass is 9.62. The average Bonchev–Trinajstić information content (AvgIpc) is 3.75. The lowest BCUT2D eigenvalue weighted by molar-refractivity contribution is -0.0165. The molecule has 4 unspecified atom stereocenters. The van der Waals surface area contributed by atoms with Crippen molar-refractivity contribution in [2.75, 3.05) is 14.2 Å². The first-order valence-electron chi connectivity index (χ1n) is 20.1. The van der Waals surface area contributed by atoms with E-state index in [9.17, 15) is 9.90 Å². The molecule has 0 spiro atoms. The lowest BCUT2D eigenvalue weighted by Gasteiger charge is -2.42. The first-order chi connectivity index (χ1) is 24.3. The van der Waals surface area contributed by atoms with Gasteiger partial charge in [0.05, 0.1) is 16.8 Å². The summed E-state index contributed by atoms with van der Waals surface area (Å²) in [6.45, 7) is 21.4. The number of methoxy groups -OCH3 is 2. The highest BCUT2D eigenvalue weighted by atomic mass is 16.5. The maximum Gasteiger partial charge on any atom is 0.336 e. The fourth-order valence-electron chi connectivity index (χ4n) is 11.1. The van der Waals surface area contributed by atoms with Gasteiger partial charge in [0, 0.05) is 14.2 Å². The van der Waals surface area contributed by atoms with Gasteiger partial charge in [-0.3, -0.25) is 0 Å². The molecule has 1 N–H and O–H groups in total. The van der Waals surface area contributed by atoms with Crippen molar-refractivity contribution in [1.82, 2.24) is 0 Å². The van der Waals surface area contributed by atoms with Gasteiger partial charge in [-0.15, -0.1) is 0 Å². The van der Waals surface area contributed by atoms with Crippen LogP contribution in [0.5, 0.6) is 0 Å². The second-order valence-corrected chi connectivity index (χ2v) is 19.9. The molecule has 2 saturated carbocycles. The monoisotopic (exact) mass is 704 g/mol. The number of aromatic carboxylic acids is 1. The van der Waals surface area contributed by atoms with E-state index in [2.05, 4.69) is 98.7 Å². The number of aryl methyl sites for hydroxylation is 1. The molecular weight excluding hydrogens is 641 g/mol. The number of benzene rings is 3. The van der Waals surface area contributed by atoms with E-state index in [4.69, 9.17) is 9.47 Å². The van der Waals surface area contributed by atoms with E-state index in [1.165, 1.54) is 64.6 Å². The molecule has 0 saturated heterocycles. The maximum atomic E-state index is 12.9. The summed E-state index contributed by atoms with van der Waals surface area (Å²) in [5.41, 5.74) is 11.8. The molecule has 3 aromatic rings. The van der Waals surface area contributed by atoms with Crippen molar-refractivity contribution in [2.45, 2.75) is 171 Å². The Morgan fingerprint density at radius 1 is 0.596 bits per heavy atom. The fourth-order valence-corrected chi connectivity index (χ4v) is 11.1. The largest absolute Gasteiger partial charge is 0.478 e. The molecule has 4 aliphatic rings. The highest BCUT2D eigenvalue weighted by molar-refractivity contribution is 5.90. The predicted molar refractivity (Wildman–Crippen MR) is 212 cm³/mol. The van der Waals surface area contributed by atoms with Crippen LogP contribution in [0.3, 0.4) is 0 Å². The molecule has 7 rings (SSSR count). The van der Waals surface area contributed by atoms with Crippen molar-refractivity contribution in [3.8, 4) is 0 Å². The Kier molecular flexibility index (Phi) is 9.02. The summed E-state index contributed by atoms with van der Waals surface area (Å²) in [5.74, 6) is -0.227. The number of carboxylic acid groups (broad SMARTS) is 1. The van der Waals surface area contributed by atoms with E-state index in [0.717, 1.165) is 49.7 Å². The number of hydrogen-bond acceptors (Lipinski definition) is 3. The summed E-state index contributed by atoms with van der Waals surface area (Å²) in [7, 11) is 3.62. The highest BCUT2D eigenvalue weighted by Crippen LogP contribution is 2.56. The van der Waals surface area contributed by atoms with Crippen molar-refractivity contribution in [3.63, 3.8) is 0 Å². The zero-order valence-electron chi connectivity index (χ0n) is 34.0. The Morgan fingerprint density at radius 3 is 1.71 bits per heavy atom. The normalized spacial score (nSPS) is 29.8. The van der Waals surface area contributed by atoms with Gasteiger partial charge in [-0.2, -0.15) is 0 Å². The Morgan fingerprint density at radius 2 is 1.12 bits per heavy atom. The van der Waals surface area contributed by atoms with E-state index in [1.54, 1.807) is 7.11 Å². The van der Waals surface area contributed by atoms with Crippen molar-refractivity contribution in [3.05, 3.63) is 104 Å². The molecular formula is C48H64O4. The summed E-state index contributed by atoms with van der Waals surface area (Å²) >= 11 is 0. The van der Waals surface area contributed by atoms with Crippen molar-refractivity contribution < 1.29 is 19.4 Å². The molecule has 0 aromatic heterocycles. The third-order valence-corrected chi connectivity index (χ3v) is 15.0. The average molecular weight is 705 g/mol. The first kappa shape index (κ1) is 37.4. The van der Waals surface area contributed by atoms with Crippen LogP contribution in [0.15, 0.2) is 48.5 Å². The fraction of sp³-hybridized carbons (Fsp3) is 0.604. The zero-order chi connectivity index (χ0) is 37.6. The molecule has 4 heteroatoms. The molecule has 0 bridgehead atoms. The molecule has 3 aromatic carbocycles. The summed E-state index contributed by atoms with van der Waals surface area (Å²) < 4.78 is 13.0. The standard InChI is InChI=1S/C48H64O4/c1-30-24-39-41(46(8,9)23-22-44(39,4)5)27-36(30)33-17-19-48(29-33,52-11)38-26-34(13-14-35(38)42(49)50)47(51-10)18-16-32(28-47)31-12-15-37-40(25-31)45(6,7)21-20-43(37,2)3/h12-15,24-27,32-33H,16-23,28-29H2,1-11H3,(H,49,50). The molecule has 4 nitrogen and oxygen atoms in total. The maximum absolute atomic E-state index is 12.9. The number of carbonyl (C=O) groups is 1. The Balaban J connectivity index is 1.23. The van der Waals surface area contributed by atoms with Gasteiger partial charge in [0.25, 0.3) is 0 Å². The second-order valence-electron chi connectivity index (χ2n) is 19.9. The van der Waals surface area contributed by atoms with Crippen LogP contribution in [0.1, 0.15) is 192 Å². The van der Waals surface area contributed by atoms with Crippen LogP contribution in [0, 0.1) is 6.92 Å². The Hall–Kier alpha value is -2.95. The molecule has 4 atom stereocenters. The van der Waals surface area contributed by atoms with Gasteiger partial charge in [0.2, 0.25) is 0 Å². The quantitative estimate of drug-likeness (QED) is 0.266. The summed E-state index contributed by atoms with van der Waals surface area (Å²) in [4.78, 5) is 12.9. The van der Waals surface area contributed by atoms with Gasteiger partial charge in [0.1, 0.15) is 0 Å². The van der Waals surface area contributed by atoms with Crippen LogP contribution >= 0.6 is 0 Å². The summed E-state index contributed by atoms with van der Waals surface area (Å²) in [6, 6.07) is 18.3. The lowest BCUT2D eigenvalue weighted by Crippen LogP contribution is -2.34. The van der Waals surface area contributed by atoms with Crippen LogP contribution in [0.25, 0.3) is 0 Å². The zero-order valence-corrected chi connectivity index (χ0v) is 34.0. The van der Waals surface area contributed by atoms with Gasteiger partial charge < -0.3 is 14.6 Å². The predicted octanol–water partition coefficient (Wildman–Crippen LogP) is 12.0. The minimum absolute atomic E-state index is 0.133. The number of hydrogen-bond donors (Lipinski definition) is 1. The molecule has 0 amide bonds. The van der Waals surface area contributed by atoms with Crippen molar-refractivity contribution in [1.29, 1.82) is 0 Å². The minimum atomic E-state index is -0.897. The van der Waals surface area contributed by atoms with E-state index < -0.39 is 17.2 Å². The number of ether oxygens (including phenoxy) is 2. The van der Waals surface area contributed by atoms with Crippen LogP contribution in [0.2, 0.25) is 0 Å². The molecule has 0 heterocycles. The van der Waals surface area contributed by atoms with Gasteiger partial charge in [0.15, 0.2) is 0 Å². The van der Waals surface area contributed by atoms with Gasteiger partial charge >= 0.3 is 5.97 Å². The van der Waals surface area contributed by atoms with Crippen LogP contribution < -0.4 is 0 Å². The van der Waals surface area contributed by atoms with Gasteiger partial charge in [-0.25, -0.2) is 4.79 Å². The molecule has 52 heavy (non-hydrogen) atoms. The van der Waals surface area contributed by atoms with Gasteiger partial charge in [-0.05, 0) is 167 Å². The topological polar surface area (TPSA) is 55.8 Å². The molecule has 0 aliphatic heterocycles. The Labute approximate surface area is 314 Å². The van der Waals surface area contributed by atoms with Gasteiger partial charge in [-0.1, -0.05) is 91.8 Å². The SMILES string of the molecule is COC1(c2ccc(C(=O)O)c(C3(OC)CCC(c4cc5c(cc4C)C(C)(C)CCC5(C)C)C3)c2)CCC(c2ccc3c(c2)C(C)(C)CCC3(C)C)C1. The second kappa shape index (κ2) is 12.6. The molecule has 2 fully saturated rings. The van der Waals surface area contributed by atoms with Crippen molar-refractivity contribution >= 4 is 5.97 Å². The van der Waals surface area contributed by atoms with E-state index in [0.29, 0.717) is 17.4 Å². The summed E-state index contributed by atoms with van der Waals surface area (Å²) in [5, 5.41) is 10.6. The molecule has 4 aliphatic carbocycles. The van der Waals surface area contributed by atoms with E-state index >= 15 is 0 Å². The minimum Gasteiger partial charge on any atom is -0.478 e. The van der Waals surface area contributed by atoms with Crippen molar-refractivity contribution in [2.24, 2.45) is 0 Å². The first-order valence-corrected chi connectivity index (χ1v) is 20.1. The molecule has 0 radical (unpaired) electrons. The third-order valence-electron chi connectivity index (χ3n) is 15.0. The third kappa shape index (κ3) is 5.99. The van der Waals surface area contributed by atoms with Crippen LogP contribution in [0.4, 0.5) is 0 Å².